The summed E-state index contributed by atoms with van der Waals surface area (Å²) in [5.41, 5.74) is 7.28. The fourth-order valence-corrected chi connectivity index (χ4v) is 2.70. The number of fused-ring (bicyclic) bond motifs is 1. The average Bonchev–Trinajstić information content (AvgIpc) is 3.06. The SMILES string of the molecule is NC(Cc1nc(C2Cc3ccccc3O2)no1)C1CC1. The Morgan fingerprint density at radius 3 is 2.95 bits per heavy atom. The number of nitrogens with zero attached hydrogens (tertiary/aromatic N) is 2. The van der Waals surface area contributed by atoms with Crippen LogP contribution in [0.4, 0.5) is 0 Å². The van der Waals surface area contributed by atoms with E-state index >= 15 is 0 Å². The number of ether oxygens (including phenoxy) is 1. The van der Waals surface area contributed by atoms with E-state index in [4.69, 9.17) is 15.0 Å². The number of para-hydroxylation sites is 1. The van der Waals surface area contributed by atoms with Crippen LogP contribution in [0.2, 0.25) is 0 Å². The van der Waals surface area contributed by atoms with Crippen molar-refractivity contribution in [2.45, 2.75) is 37.8 Å². The Morgan fingerprint density at radius 1 is 1.30 bits per heavy atom. The molecular weight excluding hydrogens is 254 g/mol. The Morgan fingerprint density at radius 2 is 2.15 bits per heavy atom. The molecule has 1 aromatic carbocycles. The van der Waals surface area contributed by atoms with Crippen LogP contribution in [0.5, 0.6) is 5.75 Å². The average molecular weight is 271 g/mol. The van der Waals surface area contributed by atoms with Crippen LogP contribution in [-0.2, 0) is 12.8 Å². The van der Waals surface area contributed by atoms with Crippen LogP contribution in [0.3, 0.4) is 0 Å². The maximum absolute atomic E-state index is 6.08. The predicted octanol–water partition coefficient (Wildman–Crippen LogP) is 2.03. The van der Waals surface area contributed by atoms with Gasteiger partial charge in [0.25, 0.3) is 0 Å². The summed E-state index contributed by atoms with van der Waals surface area (Å²) in [6, 6.07) is 8.17. The molecule has 0 saturated heterocycles. The summed E-state index contributed by atoms with van der Waals surface area (Å²) in [7, 11) is 0. The van der Waals surface area contributed by atoms with Gasteiger partial charge in [-0.15, -0.1) is 0 Å². The Bertz CT molecular complexity index is 596. The van der Waals surface area contributed by atoms with Crippen LogP contribution in [-0.4, -0.2) is 16.2 Å². The highest BCUT2D eigenvalue weighted by Crippen LogP contribution is 2.36. The normalized spacial score (nSPS) is 22.4. The van der Waals surface area contributed by atoms with E-state index in [0.29, 0.717) is 24.1 Å². The van der Waals surface area contributed by atoms with E-state index in [9.17, 15) is 0 Å². The number of hydrogen-bond donors (Lipinski definition) is 1. The smallest absolute Gasteiger partial charge is 0.228 e. The van der Waals surface area contributed by atoms with Gasteiger partial charge in [0.15, 0.2) is 6.10 Å². The zero-order valence-electron chi connectivity index (χ0n) is 11.2. The second-order valence-corrected chi connectivity index (χ2v) is 5.67. The highest BCUT2D eigenvalue weighted by Gasteiger charge is 2.31. The monoisotopic (exact) mass is 271 g/mol. The third-order valence-corrected chi connectivity index (χ3v) is 4.06. The summed E-state index contributed by atoms with van der Waals surface area (Å²) in [5.74, 6) is 2.80. The highest BCUT2D eigenvalue weighted by atomic mass is 16.5. The molecule has 2 heterocycles. The van der Waals surface area contributed by atoms with Crippen molar-refractivity contribution < 1.29 is 9.26 Å². The molecule has 4 rings (SSSR count). The number of hydrogen-bond acceptors (Lipinski definition) is 5. The largest absolute Gasteiger partial charge is 0.482 e. The molecule has 0 amide bonds. The number of nitrogens with two attached hydrogens (primary N) is 1. The predicted molar refractivity (Wildman–Crippen MR) is 72.2 cm³/mol. The first kappa shape index (κ1) is 11.9. The van der Waals surface area contributed by atoms with Gasteiger partial charge in [-0.05, 0) is 30.4 Å². The number of benzene rings is 1. The van der Waals surface area contributed by atoms with E-state index in [0.717, 1.165) is 12.2 Å². The van der Waals surface area contributed by atoms with Crippen LogP contribution in [0.1, 0.15) is 36.2 Å². The summed E-state index contributed by atoms with van der Waals surface area (Å²) in [4.78, 5) is 4.44. The van der Waals surface area contributed by atoms with Crippen molar-refractivity contribution >= 4 is 0 Å². The Labute approximate surface area is 117 Å². The van der Waals surface area contributed by atoms with Crippen molar-refractivity contribution in [3.8, 4) is 5.75 Å². The fourth-order valence-electron chi connectivity index (χ4n) is 2.70. The lowest BCUT2D eigenvalue weighted by Crippen LogP contribution is -2.25. The van der Waals surface area contributed by atoms with Crippen molar-refractivity contribution in [3.05, 3.63) is 41.5 Å². The van der Waals surface area contributed by atoms with E-state index in [1.54, 1.807) is 0 Å². The molecule has 2 unspecified atom stereocenters. The number of aromatic nitrogens is 2. The van der Waals surface area contributed by atoms with Crippen LogP contribution >= 0.6 is 0 Å². The second-order valence-electron chi connectivity index (χ2n) is 5.67. The van der Waals surface area contributed by atoms with Gasteiger partial charge in [0, 0.05) is 18.9 Å². The topological polar surface area (TPSA) is 74.2 Å². The molecule has 1 saturated carbocycles. The molecular formula is C15H17N3O2. The molecule has 20 heavy (non-hydrogen) atoms. The summed E-state index contributed by atoms with van der Waals surface area (Å²) in [6.07, 6.45) is 3.77. The molecule has 0 spiro atoms. The van der Waals surface area contributed by atoms with Gasteiger partial charge >= 0.3 is 0 Å². The molecule has 2 aromatic rings. The van der Waals surface area contributed by atoms with Crippen LogP contribution in [0.15, 0.2) is 28.8 Å². The molecule has 1 fully saturated rings. The maximum Gasteiger partial charge on any atom is 0.228 e. The molecule has 0 radical (unpaired) electrons. The summed E-state index contributed by atoms with van der Waals surface area (Å²) >= 11 is 0. The number of rotatable bonds is 4. The molecule has 1 aromatic heterocycles. The van der Waals surface area contributed by atoms with Crippen molar-refractivity contribution in [2.75, 3.05) is 0 Å². The molecule has 5 nitrogen and oxygen atoms in total. The lowest BCUT2D eigenvalue weighted by atomic mass is 10.1. The van der Waals surface area contributed by atoms with E-state index in [1.807, 2.05) is 18.2 Å². The molecule has 0 bridgehead atoms. The van der Waals surface area contributed by atoms with Gasteiger partial charge in [-0.2, -0.15) is 4.98 Å². The molecule has 1 aliphatic carbocycles. The Kier molecular flexibility index (Phi) is 2.73. The minimum atomic E-state index is -0.137. The van der Waals surface area contributed by atoms with Gasteiger partial charge in [0.2, 0.25) is 11.7 Å². The second kappa shape index (κ2) is 4.59. The van der Waals surface area contributed by atoms with Crippen LogP contribution in [0.25, 0.3) is 0 Å². The highest BCUT2D eigenvalue weighted by molar-refractivity contribution is 5.37. The van der Waals surface area contributed by atoms with Crippen LogP contribution < -0.4 is 10.5 Å². The molecule has 2 atom stereocenters. The first-order valence-electron chi connectivity index (χ1n) is 7.12. The standard InChI is InChI=1S/C15H17N3O2/c16-11(9-5-6-9)8-14-17-15(18-20-14)13-7-10-3-1-2-4-12(10)19-13/h1-4,9,11,13H,5-8,16H2. The first-order chi connectivity index (χ1) is 9.79. The third-order valence-electron chi connectivity index (χ3n) is 4.06. The van der Waals surface area contributed by atoms with Crippen molar-refractivity contribution in [1.29, 1.82) is 0 Å². The third kappa shape index (κ3) is 2.18. The quantitative estimate of drug-likeness (QED) is 0.921. The van der Waals surface area contributed by atoms with Gasteiger partial charge in [0.1, 0.15) is 5.75 Å². The molecule has 104 valence electrons. The van der Waals surface area contributed by atoms with E-state index in [2.05, 4.69) is 16.2 Å². The van der Waals surface area contributed by atoms with Gasteiger partial charge in [-0.25, -0.2) is 0 Å². The zero-order chi connectivity index (χ0) is 13.5. The van der Waals surface area contributed by atoms with E-state index in [-0.39, 0.29) is 12.1 Å². The van der Waals surface area contributed by atoms with Crippen molar-refractivity contribution in [3.63, 3.8) is 0 Å². The molecule has 5 heteroatoms. The minimum absolute atomic E-state index is 0.137. The van der Waals surface area contributed by atoms with Gasteiger partial charge in [-0.3, -0.25) is 0 Å². The lowest BCUT2D eigenvalue weighted by Gasteiger charge is -2.05. The van der Waals surface area contributed by atoms with Gasteiger partial charge in [0.05, 0.1) is 0 Å². The first-order valence-corrected chi connectivity index (χ1v) is 7.12. The summed E-state index contributed by atoms with van der Waals surface area (Å²) in [5, 5.41) is 4.05. The molecule has 2 N–H and O–H groups in total. The summed E-state index contributed by atoms with van der Waals surface area (Å²) < 4.78 is 11.2. The fraction of sp³-hybridized carbons (Fsp3) is 0.467. The van der Waals surface area contributed by atoms with Crippen LogP contribution in [0, 0.1) is 5.92 Å². The molecule has 1 aliphatic heterocycles. The van der Waals surface area contributed by atoms with Crippen molar-refractivity contribution in [1.82, 2.24) is 10.1 Å². The summed E-state index contributed by atoms with van der Waals surface area (Å²) in [6.45, 7) is 0. The van der Waals surface area contributed by atoms with E-state index in [1.165, 1.54) is 18.4 Å². The lowest BCUT2D eigenvalue weighted by molar-refractivity contribution is 0.221. The molecule has 2 aliphatic rings. The Balaban J connectivity index is 1.46. The van der Waals surface area contributed by atoms with Gasteiger partial charge < -0.3 is 15.0 Å². The zero-order valence-corrected chi connectivity index (χ0v) is 11.2. The minimum Gasteiger partial charge on any atom is -0.482 e. The van der Waals surface area contributed by atoms with Gasteiger partial charge in [-0.1, -0.05) is 23.4 Å². The van der Waals surface area contributed by atoms with Crippen molar-refractivity contribution in [2.24, 2.45) is 11.7 Å². The van der Waals surface area contributed by atoms with E-state index < -0.39 is 0 Å². The maximum atomic E-state index is 6.08. The Hall–Kier alpha value is -1.88.